The van der Waals surface area contributed by atoms with Crippen LogP contribution in [0, 0.1) is 0 Å². The Morgan fingerprint density at radius 1 is 1.56 bits per heavy atom. The first kappa shape index (κ1) is 18.5. The van der Waals surface area contributed by atoms with Crippen molar-refractivity contribution in [3.8, 4) is 0 Å². The summed E-state index contributed by atoms with van der Waals surface area (Å²) in [4.78, 5) is 22.3. The number of nitrogen functional groups attached to an aromatic ring is 1. The molecule has 0 aromatic carbocycles. The molecule has 2 unspecified atom stereocenters. The van der Waals surface area contributed by atoms with Crippen LogP contribution in [0.4, 0.5) is 10.2 Å². The molecule has 2 aliphatic heterocycles. The van der Waals surface area contributed by atoms with Crippen LogP contribution in [0.25, 0.3) is 11.2 Å². The summed E-state index contributed by atoms with van der Waals surface area (Å²) in [7, 11) is -4.23. The number of hydrogen-bond donors (Lipinski definition) is 2. The predicted molar refractivity (Wildman–Crippen MR) is 85.6 cm³/mol. The summed E-state index contributed by atoms with van der Waals surface area (Å²) in [6, 6.07) is 0. The third-order valence-corrected chi connectivity index (χ3v) is 5.54. The number of rotatable bonds is 4. The van der Waals surface area contributed by atoms with Crippen molar-refractivity contribution in [1.82, 2.24) is 19.5 Å². The number of carboxylic acids is 1. The molecule has 3 N–H and O–H groups in total. The highest BCUT2D eigenvalue weighted by Crippen LogP contribution is 2.57. The van der Waals surface area contributed by atoms with Gasteiger partial charge in [0.1, 0.15) is 17.7 Å². The van der Waals surface area contributed by atoms with Crippen LogP contribution in [0.2, 0.25) is 5.28 Å². The summed E-state index contributed by atoms with van der Waals surface area (Å²) in [5.41, 5.74) is 6.07. The number of alkyl halides is 1. The molecule has 2 saturated heterocycles. The Morgan fingerprint density at radius 3 is 3.07 bits per heavy atom. The largest absolute Gasteiger partial charge is 0.480 e. The van der Waals surface area contributed by atoms with E-state index in [0.717, 1.165) is 0 Å². The standard InChI is InChI=1S/C12H12ClFN5O7P/c13-12-17-9(15)7-10(18-12)19(3-16-7)11-6(14)8-4(25-11)1-23-27(22,26-8)24-2-5(20)21/h3-4,6,8,11H,1-2H2,(H,20,21)(H2,15,17,18)/t4-,6-,8?,11-,27?/m1/s1. The minimum absolute atomic E-state index is 0.0146. The van der Waals surface area contributed by atoms with E-state index in [2.05, 4.69) is 19.5 Å². The number of carboxylic acid groups (broad SMARTS) is 1. The van der Waals surface area contributed by atoms with E-state index in [9.17, 15) is 9.36 Å². The molecule has 4 rings (SSSR count). The minimum atomic E-state index is -4.23. The van der Waals surface area contributed by atoms with Gasteiger partial charge < -0.3 is 15.6 Å². The summed E-state index contributed by atoms with van der Waals surface area (Å²) in [5.74, 6) is -1.36. The molecular formula is C12H12ClFN5O7P. The van der Waals surface area contributed by atoms with E-state index in [0.29, 0.717) is 0 Å². The number of fused-ring (bicyclic) bond motifs is 2. The molecule has 2 aromatic heterocycles. The van der Waals surface area contributed by atoms with Crippen molar-refractivity contribution in [3.05, 3.63) is 11.6 Å². The van der Waals surface area contributed by atoms with E-state index in [4.69, 9.17) is 36.2 Å². The van der Waals surface area contributed by atoms with Gasteiger partial charge in [-0.1, -0.05) is 0 Å². The summed E-state index contributed by atoms with van der Waals surface area (Å²) in [6.45, 7) is -1.24. The molecular weight excluding hydrogens is 412 g/mol. The quantitative estimate of drug-likeness (QED) is 0.531. The van der Waals surface area contributed by atoms with Crippen LogP contribution in [0.15, 0.2) is 6.33 Å². The molecule has 0 radical (unpaired) electrons. The fourth-order valence-electron chi connectivity index (χ4n) is 2.82. The molecule has 2 fully saturated rings. The van der Waals surface area contributed by atoms with Crippen molar-refractivity contribution in [2.24, 2.45) is 0 Å². The van der Waals surface area contributed by atoms with Crippen LogP contribution in [-0.2, 0) is 27.7 Å². The fraction of sp³-hybridized carbons (Fsp3) is 0.500. The molecule has 27 heavy (non-hydrogen) atoms. The lowest BCUT2D eigenvalue weighted by atomic mass is 10.1. The van der Waals surface area contributed by atoms with Crippen LogP contribution in [0.1, 0.15) is 6.23 Å². The molecule has 2 aliphatic rings. The van der Waals surface area contributed by atoms with Crippen molar-refractivity contribution in [2.75, 3.05) is 18.9 Å². The number of aliphatic carboxylic acids is 1. The second-order valence-electron chi connectivity index (χ2n) is 5.69. The fourth-order valence-corrected chi connectivity index (χ4v) is 4.34. The molecule has 2 aromatic rings. The average molecular weight is 424 g/mol. The smallest absolute Gasteiger partial charge is 0.475 e. The Kier molecular flexibility index (Phi) is 4.53. The second-order valence-corrected chi connectivity index (χ2v) is 7.65. The highest BCUT2D eigenvalue weighted by molar-refractivity contribution is 7.48. The van der Waals surface area contributed by atoms with E-state index in [-0.39, 0.29) is 28.9 Å². The third kappa shape index (κ3) is 3.26. The number of phosphoric ester groups is 1. The van der Waals surface area contributed by atoms with E-state index < -0.39 is 45.0 Å². The van der Waals surface area contributed by atoms with Crippen LogP contribution < -0.4 is 5.73 Å². The van der Waals surface area contributed by atoms with Gasteiger partial charge >= 0.3 is 13.8 Å². The van der Waals surface area contributed by atoms with Crippen molar-refractivity contribution in [2.45, 2.75) is 24.6 Å². The van der Waals surface area contributed by atoms with Crippen LogP contribution in [-0.4, -0.2) is 62.2 Å². The van der Waals surface area contributed by atoms with Crippen LogP contribution in [0.5, 0.6) is 0 Å². The molecule has 5 atom stereocenters. The molecule has 4 heterocycles. The number of imidazole rings is 1. The normalized spacial score (nSPS) is 33.3. The monoisotopic (exact) mass is 423 g/mol. The van der Waals surface area contributed by atoms with Gasteiger partial charge in [0.25, 0.3) is 0 Å². The molecule has 0 spiro atoms. The number of nitrogens with zero attached hydrogens (tertiary/aromatic N) is 4. The van der Waals surface area contributed by atoms with E-state index in [1.807, 2.05) is 0 Å². The number of hydrogen-bond acceptors (Lipinski definition) is 10. The predicted octanol–water partition coefficient (Wildman–Crippen LogP) is 0.922. The highest BCUT2D eigenvalue weighted by Gasteiger charge is 2.54. The highest BCUT2D eigenvalue weighted by atomic mass is 35.5. The Morgan fingerprint density at radius 2 is 2.33 bits per heavy atom. The number of nitrogens with two attached hydrogens (primary N) is 1. The molecule has 12 nitrogen and oxygen atoms in total. The lowest BCUT2D eigenvalue weighted by Crippen LogP contribution is -2.38. The van der Waals surface area contributed by atoms with Gasteiger partial charge in [-0.25, -0.2) is 18.7 Å². The first-order valence-corrected chi connectivity index (χ1v) is 9.35. The zero-order chi connectivity index (χ0) is 19.3. The maximum Gasteiger partial charge on any atom is 0.475 e. The van der Waals surface area contributed by atoms with Crippen LogP contribution >= 0.6 is 19.4 Å². The molecule has 0 amide bonds. The topological polar surface area (TPSA) is 161 Å². The van der Waals surface area contributed by atoms with Gasteiger partial charge in [0.05, 0.1) is 12.9 Å². The summed E-state index contributed by atoms with van der Waals surface area (Å²) < 4.78 is 48.8. The lowest BCUT2D eigenvalue weighted by Gasteiger charge is -2.29. The van der Waals surface area contributed by atoms with Crippen molar-refractivity contribution in [3.63, 3.8) is 0 Å². The zero-order valence-corrected chi connectivity index (χ0v) is 14.9. The number of halogens is 2. The Balaban J connectivity index is 1.60. The average Bonchev–Trinajstić information content (AvgIpc) is 3.15. The first-order chi connectivity index (χ1) is 12.8. The maximum atomic E-state index is 15.0. The van der Waals surface area contributed by atoms with Gasteiger partial charge in [0.15, 0.2) is 30.5 Å². The summed E-state index contributed by atoms with van der Waals surface area (Å²) in [5, 5.41) is 8.46. The van der Waals surface area contributed by atoms with Gasteiger partial charge in [-0.05, 0) is 11.6 Å². The summed E-state index contributed by atoms with van der Waals surface area (Å²) >= 11 is 5.79. The van der Waals surface area contributed by atoms with Crippen LogP contribution in [0.3, 0.4) is 0 Å². The maximum absolute atomic E-state index is 15.0. The summed E-state index contributed by atoms with van der Waals surface area (Å²) in [6.07, 6.45) is -4.02. The molecule has 0 bridgehead atoms. The molecule has 146 valence electrons. The SMILES string of the molecule is Nc1nc(Cl)nc2c1ncn2[C@@H]1O[C@@H]2COP(=O)(OCC(=O)O)OC2[C@H]1F. The molecule has 15 heteroatoms. The van der Waals surface area contributed by atoms with E-state index in [1.54, 1.807) is 0 Å². The Hall–Kier alpha value is -1.89. The van der Waals surface area contributed by atoms with Gasteiger partial charge in [0.2, 0.25) is 5.28 Å². The number of carbonyl (C=O) groups is 1. The number of aromatic nitrogens is 4. The lowest BCUT2D eigenvalue weighted by molar-refractivity contribution is -0.141. The number of anilines is 1. The first-order valence-electron chi connectivity index (χ1n) is 7.52. The van der Waals surface area contributed by atoms with Gasteiger partial charge in [-0.15, -0.1) is 0 Å². The third-order valence-electron chi connectivity index (χ3n) is 3.96. The van der Waals surface area contributed by atoms with Gasteiger partial charge in [-0.2, -0.15) is 9.97 Å². The van der Waals surface area contributed by atoms with Crippen molar-refractivity contribution >= 4 is 42.4 Å². The molecule has 0 aliphatic carbocycles. The van der Waals surface area contributed by atoms with E-state index in [1.165, 1.54) is 10.9 Å². The van der Waals surface area contributed by atoms with Crippen molar-refractivity contribution < 1.29 is 37.2 Å². The Labute approximate surface area is 155 Å². The van der Waals surface area contributed by atoms with E-state index >= 15 is 4.39 Å². The number of phosphoric acid groups is 1. The van der Waals surface area contributed by atoms with Gasteiger partial charge in [-0.3, -0.25) is 18.1 Å². The van der Waals surface area contributed by atoms with Crippen molar-refractivity contribution in [1.29, 1.82) is 0 Å². The molecule has 0 saturated carbocycles. The minimum Gasteiger partial charge on any atom is -0.480 e. The van der Waals surface area contributed by atoms with Gasteiger partial charge in [0, 0.05) is 0 Å². The number of ether oxygens (including phenoxy) is 1. The Bertz CT molecular complexity index is 960. The second kappa shape index (κ2) is 6.62. The zero-order valence-electron chi connectivity index (χ0n) is 13.3.